The van der Waals surface area contributed by atoms with Gasteiger partial charge in [0.25, 0.3) is 0 Å². The predicted octanol–water partition coefficient (Wildman–Crippen LogP) is 2.02. The lowest BCUT2D eigenvalue weighted by Gasteiger charge is -2.03. The zero-order valence-electron chi connectivity index (χ0n) is 7.44. The van der Waals surface area contributed by atoms with Crippen molar-refractivity contribution in [1.29, 1.82) is 0 Å². The summed E-state index contributed by atoms with van der Waals surface area (Å²) < 4.78 is 0. The zero-order chi connectivity index (χ0) is 8.27. The molecule has 1 aromatic carbocycles. The molecule has 0 radical (unpaired) electrons. The second kappa shape index (κ2) is 3.54. The van der Waals surface area contributed by atoms with Gasteiger partial charge in [-0.15, -0.1) is 0 Å². The summed E-state index contributed by atoms with van der Waals surface area (Å²) >= 11 is 0. The normalized spacial score (nSPS) is 10.1. The molecule has 1 nitrogen and oxygen atoms in total. The Morgan fingerprint density at radius 3 is 2.45 bits per heavy atom. The molecule has 0 spiro atoms. The molecule has 60 valence electrons. The molecule has 11 heavy (non-hydrogen) atoms. The van der Waals surface area contributed by atoms with Gasteiger partial charge in [0.05, 0.1) is 0 Å². The Hall–Kier alpha value is -0.820. The van der Waals surface area contributed by atoms with Crippen molar-refractivity contribution < 1.29 is 0 Å². The minimum absolute atomic E-state index is 0.959. The molecule has 0 aliphatic rings. The molecule has 1 N–H and O–H groups in total. The van der Waals surface area contributed by atoms with Gasteiger partial charge in [-0.05, 0) is 37.6 Å². The van der Waals surface area contributed by atoms with Gasteiger partial charge in [-0.1, -0.05) is 18.2 Å². The van der Waals surface area contributed by atoms with E-state index in [0.717, 1.165) is 6.54 Å². The second-order valence-electron chi connectivity index (χ2n) is 2.95. The molecule has 0 heterocycles. The number of benzene rings is 1. The first-order valence-corrected chi connectivity index (χ1v) is 3.95. The minimum atomic E-state index is 0.959. The van der Waals surface area contributed by atoms with Gasteiger partial charge in [-0.2, -0.15) is 0 Å². The van der Waals surface area contributed by atoms with Gasteiger partial charge in [-0.25, -0.2) is 0 Å². The Balaban J connectivity index is 2.86. The molecular weight excluding hydrogens is 134 g/mol. The highest BCUT2D eigenvalue weighted by molar-refractivity contribution is 5.29. The van der Waals surface area contributed by atoms with Crippen molar-refractivity contribution in [1.82, 2.24) is 5.32 Å². The summed E-state index contributed by atoms with van der Waals surface area (Å²) in [5, 5.41) is 3.13. The summed E-state index contributed by atoms with van der Waals surface area (Å²) in [5.41, 5.74) is 4.10. The van der Waals surface area contributed by atoms with Crippen LogP contribution in [0.1, 0.15) is 16.7 Å². The maximum atomic E-state index is 3.13. The Morgan fingerprint density at radius 2 is 1.91 bits per heavy atom. The van der Waals surface area contributed by atoms with Gasteiger partial charge < -0.3 is 5.32 Å². The molecule has 0 aliphatic carbocycles. The van der Waals surface area contributed by atoms with Crippen LogP contribution in [-0.2, 0) is 6.54 Å². The van der Waals surface area contributed by atoms with Crippen molar-refractivity contribution in [2.45, 2.75) is 20.4 Å². The van der Waals surface area contributed by atoms with Gasteiger partial charge >= 0.3 is 0 Å². The van der Waals surface area contributed by atoms with Crippen LogP contribution < -0.4 is 5.32 Å². The number of hydrogen-bond donors (Lipinski definition) is 1. The smallest absolute Gasteiger partial charge is 0.0202 e. The summed E-state index contributed by atoms with van der Waals surface area (Å²) in [7, 11) is 1.97. The third-order valence-corrected chi connectivity index (χ3v) is 1.95. The molecule has 0 bridgehead atoms. The van der Waals surface area contributed by atoms with Crippen molar-refractivity contribution in [3.63, 3.8) is 0 Å². The quantitative estimate of drug-likeness (QED) is 0.678. The van der Waals surface area contributed by atoms with Crippen molar-refractivity contribution in [3.05, 3.63) is 34.9 Å². The van der Waals surface area contributed by atoms with Crippen LogP contribution in [0.15, 0.2) is 18.2 Å². The van der Waals surface area contributed by atoms with E-state index in [9.17, 15) is 0 Å². The molecular formula is C10H15N. The highest BCUT2D eigenvalue weighted by atomic mass is 14.8. The fourth-order valence-corrected chi connectivity index (χ4v) is 1.12. The molecule has 0 aromatic heterocycles. The molecule has 1 rings (SSSR count). The Labute approximate surface area is 68.4 Å². The third-order valence-electron chi connectivity index (χ3n) is 1.95. The van der Waals surface area contributed by atoms with Gasteiger partial charge in [0.15, 0.2) is 0 Å². The van der Waals surface area contributed by atoms with E-state index in [1.165, 1.54) is 16.7 Å². The van der Waals surface area contributed by atoms with Crippen LogP contribution >= 0.6 is 0 Å². The van der Waals surface area contributed by atoms with E-state index in [1.807, 2.05) is 7.05 Å². The lowest BCUT2D eigenvalue weighted by atomic mass is 10.1. The van der Waals surface area contributed by atoms with Gasteiger partial charge in [-0.3, -0.25) is 0 Å². The third kappa shape index (κ3) is 2.05. The topological polar surface area (TPSA) is 12.0 Å². The molecule has 1 aromatic rings. The van der Waals surface area contributed by atoms with E-state index in [0.29, 0.717) is 0 Å². The monoisotopic (exact) mass is 149 g/mol. The SMILES string of the molecule is CNCc1ccc(C)c(C)c1. The van der Waals surface area contributed by atoms with Crippen LogP contribution in [0.3, 0.4) is 0 Å². The van der Waals surface area contributed by atoms with Crippen LogP contribution in [0.25, 0.3) is 0 Å². The van der Waals surface area contributed by atoms with E-state index >= 15 is 0 Å². The van der Waals surface area contributed by atoms with Crippen LogP contribution in [-0.4, -0.2) is 7.05 Å². The first kappa shape index (κ1) is 8.28. The first-order chi connectivity index (χ1) is 5.24. The molecule has 0 amide bonds. The number of nitrogens with one attached hydrogen (secondary N) is 1. The van der Waals surface area contributed by atoms with Crippen molar-refractivity contribution in [3.8, 4) is 0 Å². The largest absolute Gasteiger partial charge is 0.316 e. The molecule has 0 saturated carbocycles. The fourth-order valence-electron chi connectivity index (χ4n) is 1.12. The van der Waals surface area contributed by atoms with Gasteiger partial charge in [0.2, 0.25) is 0 Å². The van der Waals surface area contributed by atoms with E-state index < -0.39 is 0 Å². The van der Waals surface area contributed by atoms with E-state index in [1.54, 1.807) is 0 Å². The standard InChI is InChI=1S/C10H15N/c1-8-4-5-10(7-11-3)6-9(8)2/h4-6,11H,7H2,1-3H3. The van der Waals surface area contributed by atoms with Crippen LogP contribution in [0.2, 0.25) is 0 Å². The molecule has 0 fully saturated rings. The summed E-state index contributed by atoms with van der Waals surface area (Å²) in [6, 6.07) is 6.56. The molecule has 0 unspecified atom stereocenters. The molecule has 0 atom stereocenters. The maximum Gasteiger partial charge on any atom is 0.0202 e. The summed E-state index contributed by atoms with van der Waals surface area (Å²) in [4.78, 5) is 0. The molecule has 0 saturated heterocycles. The number of rotatable bonds is 2. The van der Waals surface area contributed by atoms with Crippen molar-refractivity contribution in [2.75, 3.05) is 7.05 Å². The highest BCUT2D eigenvalue weighted by Gasteiger charge is 1.93. The Morgan fingerprint density at radius 1 is 1.18 bits per heavy atom. The van der Waals surface area contributed by atoms with Crippen LogP contribution in [0, 0.1) is 13.8 Å². The average Bonchev–Trinajstić information content (AvgIpc) is 1.98. The van der Waals surface area contributed by atoms with Crippen LogP contribution in [0.4, 0.5) is 0 Å². The summed E-state index contributed by atoms with van der Waals surface area (Å²) in [6.45, 7) is 5.24. The first-order valence-electron chi connectivity index (χ1n) is 3.95. The lowest BCUT2D eigenvalue weighted by Crippen LogP contribution is -2.05. The fraction of sp³-hybridized carbons (Fsp3) is 0.400. The molecule has 0 aliphatic heterocycles. The average molecular weight is 149 g/mol. The van der Waals surface area contributed by atoms with Gasteiger partial charge in [0.1, 0.15) is 0 Å². The van der Waals surface area contributed by atoms with Crippen LogP contribution in [0.5, 0.6) is 0 Å². The van der Waals surface area contributed by atoms with E-state index in [2.05, 4.69) is 37.4 Å². The van der Waals surface area contributed by atoms with E-state index in [4.69, 9.17) is 0 Å². The number of aryl methyl sites for hydroxylation is 2. The zero-order valence-corrected chi connectivity index (χ0v) is 7.44. The van der Waals surface area contributed by atoms with E-state index in [-0.39, 0.29) is 0 Å². The summed E-state index contributed by atoms with van der Waals surface area (Å²) in [6.07, 6.45) is 0. The molecule has 1 heteroatoms. The highest BCUT2D eigenvalue weighted by Crippen LogP contribution is 2.08. The van der Waals surface area contributed by atoms with Gasteiger partial charge in [0, 0.05) is 6.54 Å². The maximum absolute atomic E-state index is 3.13. The van der Waals surface area contributed by atoms with Crippen molar-refractivity contribution in [2.24, 2.45) is 0 Å². The lowest BCUT2D eigenvalue weighted by molar-refractivity contribution is 0.816. The number of hydrogen-bond acceptors (Lipinski definition) is 1. The minimum Gasteiger partial charge on any atom is -0.316 e. The second-order valence-corrected chi connectivity index (χ2v) is 2.95. The summed E-state index contributed by atoms with van der Waals surface area (Å²) in [5.74, 6) is 0. The van der Waals surface area contributed by atoms with Crippen molar-refractivity contribution >= 4 is 0 Å². The Bertz CT molecular complexity index is 241. The predicted molar refractivity (Wildman–Crippen MR) is 48.7 cm³/mol. The Kier molecular flexibility index (Phi) is 2.66.